The van der Waals surface area contributed by atoms with Crippen LogP contribution in [-0.4, -0.2) is 60.5 Å². The number of piperidine rings is 1. The van der Waals surface area contributed by atoms with Crippen molar-refractivity contribution >= 4 is 11.9 Å². The predicted molar refractivity (Wildman–Crippen MR) is 120 cm³/mol. The van der Waals surface area contributed by atoms with E-state index in [1.807, 2.05) is 30.3 Å². The van der Waals surface area contributed by atoms with E-state index in [0.29, 0.717) is 19.5 Å². The van der Waals surface area contributed by atoms with Crippen LogP contribution in [0.5, 0.6) is 0 Å². The van der Waals surface area contributed by atoms with E-state index in [4.69, 9.17) is 0 Å². The van der Waals surface area contributed by atoms with Crippen molar-refractivity contribution in [1.82, 2.24) is 20.4 Å². The molecule has 1 saturated carbocycles. The number of hydrogen-bond acceptors (Lipinski definition) is 3. The van der Waals surface area contributed by atoms with Crippen molar-refractivity contribution in [2.45, 2.75) is 69.9 Å². The molecule has 0 spiro atoms. The standard InChI is InChI=1S/C24H38N4O2/c1-27(19-21-11-5-2-6-12-21)23(30)25-16-13-22(29)26-20-24(14-7-3-8-15-24)28-17-9-4-10-18-28/h2,5-6,11-12H,3-4,7-10,13-20H2,1H3,(H,25,30)(H,26,29). The summed E-state index contributed by atoms with van der Waals surface area (Å²) in [7, 11) is 1.77. The molecule has 1 aromatic carbocycles. The fraction of sp³-hybridized carbons (Fsp3) is 0.667. The number of likely N-dealkylation sites (tertiary alicyclic amines) is 1. The Kier molecular flexibility index (Phi) is 8.55. The Balaban J connectivity index is 1.39. The molecule has 6 nitrogen and oxygen atoms in total. The van der Waals surface area contributed by atoms with E-state index < -0.39 is 0 Å². The summed E-state index contributed by atoms with van der Waals surface area (Å²) in [6, 6.07) is 9.75. The number of rotatable bonds is 8. The summed E-state index contributed by atoms with van der Waals surface area (Å²) in [5.41, 5.74) is 1.23. The highest BCUT2D eigenvalue weighted by atomic mass is 16.2. The highest BCUT2D eigenvalue weighted by molar-refractivity contribution is 5.78. The van der Waals surface area contributed by atoms with Crippen LogP contribution in [0.1, 0.15) is 63.4 Å². The second kappa shape index (κ2) is 11.3. The van der Waals surface area contributed by atoms with E-state index in [1.54, 1.807) is 11.9 Å². The van der Waals surface area contributed by atoms with Crippen molar-refractivity contribution < 1.29 is 9.59 Å². The topological polar surface area (TPSA) is 64.7 Å². The van der Waals surface area contributed by atoms with Crippen LogP contribution >= 0.6 is 0 Å². The number of carbonyl (C=O) groups excluding carboxylic acids is 2. The second-order valence-corrected chi connectivity index (χ2v) is 8.93. The van der Waals surface area contributed by atoms with Gasteiger partial charge in [-0.3, -0.25) is 9.69 Å². The van der Waals surface area contributed by atoms with Gasteiger partial charge in [0.15, 0.2) is 0 Å². The zero-order valence-corrected chi connectivity index (χ0v) is 18.5. The van der Waals surface area contributed by atoms with E-state index >= 15 is 0 Å². The fourth-order valence-corrected chi connectivity index (χ4v) is 4.88. The molecule has 3 amide bonds. The van der Waals surface area contributed by atoms with Crippen LogP contribution < -0.4 is 10.6 Å². The molecule has 2 aliphatic rings. The number of benzene rings is 1. The normalized spacial score (nSPS) is 19.1. The first-order valence-corrected chi connectivity index (χ1v) is 11.6. The molecule has 30 heavy (non-hydrogen) atoms. The van der Waals surface area contributed by atoms with E-state index in [0.717, 1.165) is 12.1 Å². The quantitative estimate of drug-likeness (QED) is 0.684. The summed E-state index contributed by atoms with van der Waals surface area (Å²) in [6.07, 6.45) is 10.4. The summed E-state index contributed by atoms with van der Waals surface area (Å²) < 4.78 is 0. The Labute approximate surface area is 181 Å². The van der Waals surface area contributed by atoms with Gasteiger partial charge >= 0.3 is 6.03 Å². The third-order valence-corrected chi connectivity index (χ3v) is 6.66. The molecule has 1 aliphatic heterocycles. The van der Waals surface area contributed by atoms with Crippen LogP contribution in [0.15, 0.2) is 30.3 Å². The maximum absolute atomic E-state index is 12.5. The van der Waals surface area contributed by atoms with Crippen LogP contribution in [0, 0.1) is 0 Å². The van der Waals surface area contributed by atoms with Gasteiger partial charge in [-0.1, -0.05) is 56.0 Å². The third-order valence-electron chi connectivity index (χ3n) is 6.66. The monoisotopic (exact) mass is 414 g/mol. The summed E-state index contributed by atoms with van der Waals surface area (Å²) >= 11 is 0. The molecule has 0 radical (unpaired) electrons. The van der Waals surface area contributed by atoms with Gasteiger partial charge in [0.1, 0.15) is 0 Å². The number of amides is 3. The minimum Gasteiger partial charge on any atom is -0.354 e. The molecule has 1 aliphatic carbocycles. The number of nitrogens with zero attached hydrogens (tertiary/aromatic N) is 2. The SMILES string of the molecule is CN(Cc1ccccc1)C(=O)NCCC(=O)NCC1(N2CCCCC2)CCCCC1. The molecule has 166 valence electrons. The van der Waals surface area contributed by atoms with Crippen LogP contribution in [0.2, 0.25) is 0 Å². The van der Waals surface area contributed by atoms with Gasteiger partial charge in [-0.15, -0.1) is 0 Å². The molecule has 3 rings (SSSR count). The van der Waals surface area contributed by atoms with Gasteiger partial charge in [-0.05, 0) is 44.3 Å². The van der Waals surface area contributed by atoms with E-state index in [2.05, 4.69) is 15.5 Å². The van der Waals surface area contributed by atoms with Gasteiger partial charge in [-0.25, -0.2) is 4.79 Å². The van der Waals surface area contributed by atoms with Gasteiger partial charge in [0.25, 0.3) is 0 Å². The molecule has 1 aromatic rings. The number of hydrogen-bond donors (Lipinski definition) is 2. The molecule has 0 unspecified atom stereocenters. The molecular formula is C24H38N4O2. The lowest BCUT2D eigenvalue weighted by atomic mass is 9.79. The van der Waals surface area contributed by atoms with Crippen molar-refractivity contribution in [2.75, 3.05) is 33.2 Å². The van der Waals surface area contributed by atoms with Gasteiger partial charge in [0, 0.05) is 38.6 Å². The second-order valence-electron chi connectivity index (χ2n) is 8.93. The molecule has 0 bridgehead atoms. The lowest BCUT2D eigenvalue weighted by Crippen LogP contribution is -2.58. The number of nitrogens with one attached hydrogen (secondary N) is 2. The number of urea groups is 1. The highest BCUT2D eigenvalue weighted by Crippen LogP contribution is 2.35. The smallest absolute Gasteiger partial charge is 0.317 e. The third kappa shape index (κ3) is 6.46. The summed E-state index contributed by atoms with van der Waals surface area (Å²) in [5.74, 6) is 0.0305. The van der Waals surface area contributed by atoms with Crippen molar-refractivity contribution in [2.24, 2.45) is 0 Å². The lowest BCUT2D eigenvalue weighted by Gasteiger charge is -2.48. The van der Waals surface area contributed by atoms with Crippen molar-refractivity contribution in [3.63, 3.8) is 0 Å². The van der Waals surface area contributed by atoms with Crippen molar-refractivity contribution in [3.05, 3.63) is 35.9 Å². The zero-order valence-electron chi connectivity index (χ0n) is 18.5. The minimum absolute atomic E-state index is 0.0305. The lowest BCUT2D eigenvalue weighted by molar-refractivity contribution is -0.122. The molecule has 2 N–H and O–H groups in total. The Morgan fingerprint density at radius 2 is 1.63 bits per heavy atom. The maximum atomic E-state index is 12.5. The zero-order chi connectivity index (χ0) is 21.2. The van der Waals surface area contributed by atoms with E-state index in [9.17, 15) is 9.59 Å². The average molecular weight is 415 g/mol. The van der Waals surface area contributed by atoms with Gasteiger partial charge in [-0.2, -0.15) is 0 Å². The largest absolute Gasteiger partial charge is 0.354 e. The number of carbonyl (C=O) groups is 2. The minimum atomic E-state index is -0.149. The van der Waals surface area contributed by atoms with E-state index in [1.165, 1.54) is 64.5 Å². The van der Waals surface area contributed by atoms with Gasteiger partial charge in [0.2, 0.25) is 5.91 Å². The van der Waals surface area contributed by atoms with Crippen LogP contribution in [-0.2, 0) is 11.3 Å². The van der Waals surface area contributed by atoms with Gasteiger partial charge in [0.05, 0.1) is 0 Å². The molecule has 6 heteroatoms. The molecule has 2 fully saturated rings. The molecular weight excluding hydrogens is 376 g/mol. The van der Waals surface area contributed by atoms with Gasteiger partial charge < -0.3 is 15.5 Å². The van der Waals surface area contributed by atoms with Crippen LogP contribution in [0.3, 0.4) is 0 Å². The molecule has 0 atom stereocenters. The summed E-state index contributed by atoms with van der Waals surface area (Å²) in [4.78, 5) is 29.0. The van der Waals surface area contributed by atoms with Crippen LogP contribution in [0.4, 0.5) is 4.79 Å². The van der Waals surface area contributed by atoms with Crippen molar-refractivity contribution in [3.8, 4) is 0 Å². The first-order valence-electron chi connectivity index (χ1n) is 11.6. The van der Waals surface area contributed by atoms with E-state index in [-0.39, 0.29) is 17.5 Å². The first-order chi connectivity index (χ1) is 14.6. The fourth-order valence-electron chi connectivity index (χ4n) is 4.88. The Hall–Kier alpha value is -2.08. The summed E-state index contributed by atoms with van der Waals surface area (Å²) in [5, 5.41) is 6.05. The highest BCUT2D eigenvalue weighted by Gasteiger charge is 2.38. The molecule has 1 heterocycles. The average Bonchev–Trinajstić information content (AvgIpc) is 2.79. The Bertz CT molecular complexity index is 667. The molecule has 1 saturated heterocycles. The van der Waals surface area contributed by atoms with Crippen molar-refractivity contribution in [1.29, 1.82) is 0 Å². The Morgan fingerprint density at radius 3 is 2.33 bits per heavy atom. The predicted octanol–water partition coefficient (Wildman–Crippen LogP) is 3.52. The Morgan fingerprint density at radius 1 is 0.967 bits per heavy atom. The maximum Gasteiger partial charge on any atom is 0.317 e. The summed E-state index contributed by atoms with van der Waals surface area (Å²) in [6.45, 7) is 3.99. The van der Waals surface area contributed by atoms with Crippen LogP contribution in [0.25, 0.3) is 0 Å². The first kappa shape index (κ1) is 22.6. The molecule has 0 aromatic heterocycles.